The molecule has 3 nitrogen and oxygen atoms in total. The van der Waals surface area contributed by atoms with Crippen LogP contribution in [0.5, 0.6) is 0 Å². The highest BCUT2D eigenvalue weighted by Gasteiger charge is 2.30. The van der Waals surface area contributed by atoms with E-state index in [1.54, 1.807) is 0 Å². The molecule has 3 heteroatoms. The molecule has 2 rings (SSSR count). The fraction of sp³-hybridized carbons (Fsp3) is 0.833. The van der Waals surface area contributed by atoms with Crippen molar-refractivity contribution in [3.8, 4) is 0 Å². The van der Waals surface area contributed by atoms with Crippen molar-refractivity contribution >= 4 is 0 Å². The molecule has 3 unspecified atom stereocenters. The first-order valence-electron chi connectivity index (χ1n) is 6.06. The first kappa shape index (κ1) is 11.1. The first-order valence-corrected chi connectivity index (χ1v) is 6.06. The van der Waals surface area contributed by atoms with Gasteiger partial charge in [-0.3, -0.25) is 0 Å². The second-order valence-electron chi connectivity index (χ2n) is 4.71. The molecule has 2 aliphatic rings. The quantitative estimate of drug-likeness (QED) is 0.685. The van der Waals surface area contributed by atoms with Crippen molar-refractivity contribution in [3.63, 3.8) is 0 Å². The van der Waals surface area contributed by atoms with Crippen LogP contribution in [0.4, 0.5) is 0 Å². The molecule has 15 heavy (non-hydrogen) atoms. The number of ether oxygens (including phenoxy) is 1. The summed E-state index contributed by atoms with van der Waals surface area (Å²) in [6.07, 6.45) is 9.81. The molecule has 1 fully saturated rings. The van der Waals surface area contributed by atoms with Gasteiger partial charge in [-0.2, -0.15) is 0 Å². The van der Waals surface area contributed by atoms with Gasteiger partial charge in [0.1, 0.15) is 0 Å². The minimum absolute atomic E-state index is 0.325. The Morgan fingerprint density at radius 3 is 2.67 bits per heavy atom. The molecule has 0 spiro atoms. The van der Waals surface area contributed by atoms with Gasteiger partial charge in [-0.25, -0.2) is 0 Å². The summed E-state index contributed by atoms with van der Waals surface area (Å²) in [6.45, 7) is 2.82. The van der Waals surface area contributed by atoms with Crippen molar-refractivity contribution in [2.45, 2.75) is 56.9 Å². The maximum atomic E-state index is 5.86. The van der Waals surface area contributed by atoms with Crippen molar-refractivity contribution in [2.75, 3.05) is 6.54 Å². The van der Waals surface area contributed by atoms with Gasteiger partial charge in [0.25, 0.3) is 0 Å². The zero-order chi connectivity index (χ0) is 10.7. The van der Waals surface area contributed by atoms with Crippen LogP contribution in [-0.2, 0) is 4.74 Å². The van der Waals surface area contributed by atoms with E-state index in [2.05, 4.69) is 24.4 Å². The number of nitrogens with one attached hydrogen (secondary N) is 1. The van der Waals surface area contributed by atoms with Crippen LogP contribution >= 0.6 is 0 Å². The normalized spacial score (nSPS) is 33.7. The zero-order valence-corrected chi connectivity index (χ0v) is 9.49. The average molecular weight is 210 g/mol. The molecule has 0 aromatic heterocycles. The van der Waals surface area contributed by atoms with Gasteiger partial charge in [0.05, 0.1) is 12.2 Å². The third kappa shape index (κ3) is 2.80. The van der Waals surface area contributed by atoms with E-state index in [1.165, 1.54) is 6.42 Å². The van der Waals surface area contributed by atoms with Crippen molar-refractivity contribution in [1.82, 2.24) is 5.32 Å². The van der Waals surface area contributed by atoms with Crippen LogP contribution in [0.3, 0.4) is 0 Å². The van der Waals surface area contributed by atoms with E-state index in [0.717, 1.165) is 19.3 Å². The van der Waals surface area contributed by atoms with Gasteiger partial charge in [-0.1, -0.05) is 12.2 Å². The Kier molecular flexibility index (Phi) is 3.78. The Morgan fingerprint density at radius 1 is 1.40 bits per heavy atom. The lowest BCUT2D eigenvalue weighted by Gasteiger charge is -2.26. The SMILES string of the molecule is CC1CCC(C(CN)NC2CC=CC2)O1. The van der Waals surface area contributed by atoms with Gasteiger partial charge in [-0.05, 0) is 32.6 Å². The fourth-order valence-corrected chi connectivity index (χ4v) is 2.51. The third-order valence-corrected chi connectivity index (χ3v) is 3.43. The van der Waals surface area contributed by atoms with Crippen molar-refractivity contribution in [1.29, 1.82) is 0 Å². The van der Waals surface area contributed by atoms with Gasteiger partial charge in [-0.15, -0.1) is 0 Å². The third-order valence-electron chi connectivity index (χ3n) is 3.43. The summed E-state index contributed by atoms with van der Waals surface area (Å²) in [6, 6.07) is 0.915. The predicted molar refractivity (Wildman–Crippen MR) is 61.7 cm³/mol. The van der Waals surface area contributed by atoms with E-state index in [1.807, 2.05) is 0 Å². The number of nitrogens with two attached hydrogens (primary N) is 1. The van der Waals surface area contributed by atoms with Gasteiger partial charge in [0.15, 0.2) is 0 Å². The van der Waals surface area contributed by atoms with E-state index in [-0.39, 0.29) is 0 Å². The predicted octanol–water partition coefficient (Wildman–Crippen LogP) is 1.19. The molecule has 0 radical (unpaired) electrons. The summed E-state index contributed by atoms with van der Waals surface area (Å²) in [5.41, 5.74) is 5.81. The highest BCUT2D eigenvalue weighted by molar-refractivity contribution is 4.99. The summed E-state index contributed by atoms with van der Waals surface area (Å²) >= 11 is 0. The molecule has 0 bridgehead atoms. The number of hydrogen-bond acceptors (Lipinski definition) is 3. The lowest BCUT2D eigenvalue weighted by atomic mass is 10.1. The van der Waals surface area contributed by atoms with Gasteiger partial charge < -0.3 is 15.8 Å². The maximum absolute atomic E-state index is 5.86. The molecule has 1 aliphatic carbocycles. The number of hydrogen-bond donors (Lipinski definition) is 2. The Balaban J connectivity index is 1.81. The van der Waals surface area contributed by atoms with Crippen LogP contribution in [0.1, 0.15) is 32.6 Å². The van der Waals surface area contributed by atoms with E-state index in [0.29, 0.717) is 30.8 Å². The maximum Gasteiger partial charge on any atom is 0.0745 e. The highest BCUT2D eigenvalue weighted by Crippen LogP contribution is 2.22. The van der Waals surface area contributed by atoms with Crippen molar-refractivity contribution in [2.24, 2.45) is 5.73 Å². The summed E-state index contributed by atoms with van der Waals surface area (Å²) in [5, 5.41) is 3.62. The molecule has 1 heterocycles. The first-order chi connectivity index (χ1) is 7.29. The monoisotopic (exact) mass is 210 g/mol. The molecule has 0 saturated carbocycles. The molecular weight excluding hydrogens is 188 g/mol. The summed E-state index contributed by atoms with van der Waals surface area (Å²) in [5.74, 6) is 0. The molecule has 1 saturated heterocycles. The molecule has 0 aromatic rings. The van der Waals surface area contributed by atoms with Crippen LogP contribution in [0.25, 0.3) is 0 Å². The Hall–Kier alpha value is -0.380. The average Bonchev–Trinajstić information content (AvgIpc) is 2.85. The highest BCUT2D eigenvalue weighted by atomic mass is 16.5. The second-order valence-corrected chi connectivity index (χ2v) is 4.71. The lowest BCUT2D eigenvalue weighted by molar-refractivity contribution is 0.0314. The van der Waals surface area contributed by atoms with E-state index in [4.69, 9.17) is 10.5 Å². The van der Waals surface area contributed by atoms with Gasteiger partial charge >= 0.3 is 0 Å². The van der Waals surface area contributed by atoms with E-state index < -0.39 is 0 Å². The van der Waals surface area contributed by atoms with Gasteiger partial charge in [0, 0.05) is 18.6 Å². The smallest absolute Gasteiger partial charge is 0.0745 e. The Morgan fingerprint density at radius 2 is 2.13 bits per heavy atom. The van der Waals surface area contributed by atoms with Crippen LogP contribution in [-0.4, -0.2) is 30.8 Å². The van der Waals surface area contributed by atoms with Crippen LogP contribution < -0.4 is 11.1 Å². The lowest BCUT2D eigenvalue weighted by Crippen LogP contribution is -2.49. The van der Waals surface area contributed by atoms with Crippen molar-refractivity contribution < 1.29 is 4.74 Å². The molecule has 1 aliphatic heterocycles. The topological polar surface area (TPSA) is 47.3 Å². The van der Waals surface area contributed by atoms with Crippen LogP contribution in [0, 0.1) is 0 Å². The minimum atomic E-state index is 0.325. The number of rotatable bonds is 4. The Labute approximate surface area is 92.1 Å². The van der Waals surface area contributed by atoms with E-state index >= 15 is 0 Å². The van der Waals surface area contributed by atoms with Crippen LogP contribution in [0.2, 0.25) is 0 Å². The molecule has 86 valence electrons. The van der Waals surface area contributed by atoms with Gasteiger partial charge in [0.2, 0.25) is 0 Å². The molecule has 3 N–H and O–H groups in total. The van der Waals surface area contributed by atoms with E-state index in [9.17, 15) is 0 Å². The molecular formula is C12H22N2O. The Bertz CT molecular complexity index is 222. The van der Waals surface area contributed by atoms with Crippen molar-refractivity contribution in [3.05, 3.63) is 12.2 Å². The minimum Gasteiger partial charge on any atom is -0.374 e. The summed E-state index contributed by atoms with van der Waals surface area (Å²) in [7, 11) is 0. The molecule has 0 aromatic carbocycles. The molecule has 3 atom stereocenters. The largest absolute Gasteiger partial charge is 0.374 e. The van der Waals surface area contributed by atoms with Crippen LogP contribution in [0.15, 0.2) is 12.2 Å². The molecule has 0 amide bonds. The summed E-state index contributed by atoms with van der Waals surface area (Å²) < 4.78 is 5.86. The summed E-state index contributed by atoms with van der Waals surface area (Å²) in [4.78, 5) is 0. The standard InChI is InChI=1S/C12H22N2O/c1-9-6-7-12(15-9)11(8-13)14-10-4-2-3-5-10/h2-3,9-12,14H,4-8,13H2,1H3. The second kappa shape index (κ2) is 5.10. The fourth-order valence-electron chi connectivity index (χ4n) is 2.51. The zero-order valence-electron chi connectivity index (χ0n) is 9.49.